The van der Waals surface area contributed by atoms with Gasteiger partial charge in [0.05, 0.1) is 18.0 Å². The molecule has 1 spiro atoms. The summed E-state index contributed by atoms with van der Waals surface area (Å²) < 4.78 is 24.4. The molecular formula is C21H23FN2O4. The van der Waals surface area contributed by atoms with Crippen molar-refractivity contribution in [3.8, 4) is 0 Å². The van der Waals surface area contributed by atoms with Gasteiger partial charge in [-0.05, 0) is 62.1 Å². The van der Waals surface area contributed by atoms with Crippen molar-refractivity contribution in [2.45, 2.75) is 37.4 Å². The molecule has 0 radical (unpaired) electrons. The molecule has 1 aromatic heterocycles. The van der Waals surface area contributed by atoms with Crippen LogP contribution in [0.25, 0.3) is 0 Å². The van der Waals surface area contributed by atoms with E-state index < -0.39 is 0 Å². The van der Waals surface area contributed by atoms with Crippen LogP contribution in [-0.2, 0) is 4.74 Å². The van der Waals surface area contributed by atoms with E-state index in [1.807, 2.05) is 0 Å². The lowest BCUT2D eigenvalue weighted by molar-refractivity contribution is -0.0712. The molecule has 2 fully saturated rings. The van der Waals surface area contributed by atoms with Crippen LogP contribution in [0.5, 0.6) is 0 Å². The quantitative estimate of drug-likeness (QED) is 0.877. The molecule has 4 rings (SSSR count). The van der Waals surface area contributed by atoms with Gasteiger partial charge in [0.2, 0.25) is 0 Å². The minimum Gasteiger partial charge on any atom is -0.459 e. The first kappa shape index (κ1) is 18.7. The van der Waals surface area contributed by atoms with Crippen molar-refractivity contribution in [3.05, 3.63) is 59.8 Å². The van der Waals surface area contributed by atoms with Gasteiger partial charge in [-0.2, -0.15) is 0 Å². The Hall–Kier alpha value is -2.67. The molecule has 28 heavy (non-hydrogen) atoms. The van der Waals surface area contributed by atoms with Gasteiger partial charge in [0.15, 0.2) is 5.76 Å². The number of furan rings is 1. The second kappa shape index (κ2) is 7.75. The third kappa shape index (κ3) is 3.94. The molecular weight excluding hydrogens is 363 g/mol. The largest absolute Gasteiger partial charge is 0.459 e. The number of benzene rings is 1. The first-order chi connectivity index (χ1) is 13.5. The maximum atomic E-state index is 13.0. The van der Waals surface area contributed by atoms with Gasteiger partial charge in [-0.3, -0.25) is 9.59 Å². The van der Waals surface area contributed by atoms with Crippen molar-refractivity contribution in [3.63, 3.8) is 0 Å². The van der Waals surface area contributed by atoms with Gasteiger partial charge in [-0.15, -0.1) is 0 Å². The zero-order valence-corrected chi connectivity index (χ0v) is 15.5. The Morgan fingerprint density at radius 1 is 1.14 bits per heavy atom. The minimum atomic E-state index is -0.348. The number of nitrogens with zero attached hydrogens (tertiary/aromatic N) is 1. The monoisotopic (exact) mass is 386 g/mol. The van der Waals surface area contributed by atoms with E-state index in [1.54, 1.807) is 17.0 Å². The molecule has 0 bridgehead atoms. The fraction of sp³-hybridized carbons (Fsp3) is 0.429. The third-order valence-corrected chi connectivity index (χ3v) is 5.63. The van der Waals surface area contributed by atoms with Gasteiger partial charge in [-0.25, -0.2) is 4.39 Å². The Morgan fingerprint density at radius 2 is 1.89 bits per heavy atom. The topological polar surface area (TPSA) is 71.8 Å². The number of halogens is 1. The molecule has 1 atom stereocenters. The van der Waals surface area contributed by atoms with Crippen molar-refractivity contribution >= 4 is 11.8 Å². The highest BCUT2D eigenvalue weighted by molar-refractivity contribution is 5.94. The summed E-state index contributed by atoms with van der Waals surface area (Å²) in [6.45, 7) is 1.67. The van der Waals surface area contributed by atoms with E-state index in [4.69, 9.17) is 9.15 Å². The average Bonchev–Trinajstić information content (AvgIpc) is 3.38. The second-order valence-corrected chi connectivity index (χ2v) is 7.45. The lowest BCUT2D eigenvalue weighted by atomic mass is 9.88. The molecule has 1 N–H and O–H groups in total. The molecule has 2 aliphatic rings. The van der Waals surface area contributed by atoms with E-state index in [-0.39, 0.29) is 29.3 Å². The SMILES string of the molecule is O=C(NCC1CCC2(CCN(C(=O)c3ccc(F)cc3)CC2)O1)c1ccco1. The zero-order valence-electron chi connectivity index (χ0n) is 15.5. The van der Waals surface area contributed by atoms with Gasteiger partial charge < -0.3 is 19.4 Å². The number of ether oxygens (including phenoxy) is 1. The molecule has 7 heteroatoms. The predicted molar refractivity (Wildman–Crippen MR) is 99.4 cm³/mol. The number of likely N-dealkylation sites (tertiary alicyclic amines) is 1. The van der Waals surface area contributed by atoms with Gasteiger partial charge in [0, 0.05) is 25.2 Å². The van der Waals surface area contributed by atoms with Crippen molar-refractivity contribution in [2.24, 2.45) is 0 Å². The highest BCUT2D eigenvalue weighted by atomic mass is 19.1. The summed E-state index contributed by atoms with van der Waals surface area (Å²) in [6, 6.07) is 8.95. The maximum absolute atomic E-state index is 13.0. The minimum absolute atomic E-state index is 0.0294. The lowest BCUT2D eigenvalue weighted by Gasteiger charge is -2.39. The number of hydrogen-bond acceptors (Lipinski definition) is 4. The smallest absolute Gasteiger partial charge is 0.287 e. The summed E-state index contributed by atoms with van der Waals surface area (Å²) in [5.41, 5.74) is 0.280. The van der Waals surface area contributed by atoms with Crippen LogP contribution in [0.3, 0.4) is 0 Å². The Balaban J connectivity index is 1.27. The van der Waals surface area contributed by atoms with Crippen molar-refractivity contribution in [2.75, 3.05) is 19.6 Å². The summed E-state index contributed by atoms with van der Waals surface area (Å²) in [6.07, 6.45) is 4.78. The van der Waals surface area contributed by atoms with Gasteiger partial charge >= 0.3 is 0 Å². The van der Waals surface area contributed by atoms with Crippen LogP contribution in [0.2, 0.25) is 0 Å². The Kier molecular flexibility index (Phi) is 5.17. The van der Waals surface area contributed by atoms with Crippen LogP contribution >= 0.6 is 0 Å². The number of rotatable bonds is 4. The van der Waals surface area contributed by atoms with E-state index in [0.717, 1.165) is 25.7 Å². The average molecular weight is 386 g/mol. The van der Waals surface area contributed by atoms with Crippen molar-refractivity contribution < 1.29 is 23.1 Å². The molecule has 2 amide bonds. The van der Waals surface area contributed by atoms with Crippen molar-refractivity contribution in [1.29, 1.82) is 0 Å². The third-order valence-electron chi connectivity index (χ3n) is 5.63. The molecule has 1 unspecified atom stereocenters. The number of piperidine rings is 1. The van der Waals surface area contributed by atoms with Crippen LogP contribution in [0.15, 0.2) is 47.1 Å². The van der Waals surface area contributed by atoms with E-state index in [1.165, 1.54) is 30.5 Å². The van der Waals surface area contributed by atoms with Gasteiger partial charge in [0.1, 0.15) is 5.82 Å². The lowest BCUT2D eigenvalue weighted by Crippen LogP contribution is -2.47. The molecule has 0 saturated carbocycles. The number of carbonyl (C=O) groups is 2. The van der Waals surface area contributed by atoms with E-state index in [2.05, 4.69) is 5.32 Å². The summed E-state index contributed by atoms with van der Waals surface area (Å²) >= 11 is 0. The van der Waals surface area contributed by atoms with E-state index in [9.17, 15) is 14.0 Å². The van der Waals surface area contributed by atoms with E-state index in [0.29, 0.717) is 31.0 Å². The van der Waals surface area contributed by atoms with Crippen LogP contribution in [-0.4, -0.2) is 48.1 Å². The Labute approximate surface area is 162 Å². The van der Waals surface area contributed by atoms with Crippen LogP contribution in [0, 0.1) is 5.82 Å². The summed E-state index contributed by atoms with van der Waals surface area (Å²) in [5.74, 6) is -0.372. The molecule has 6 nitrogen and oxygen atoms in total. The molecule has 2 aromatic rings. The van der Waals surface area contributed by atoms with Crippen molar-refractivity contribution in [1.82, 2.24) is 10.2 Å². The van der Waals surface area contributed by atoms with Crippen LogP contribution in [0.1, 0.15) is 46.6 Å². The zero-order chi connectivity index (χ0) is 19.6. The highest BCUT2D eigenvalue weighted by Crippen LogP contribution is 2.39. The number of carbonyl (C=O) groups excluding carboxylic acids is 2. The van der Waals surface area contributed by atoms with Crippen LogP contribution < -0.4 is 5.32 Å². The van der Waals surface area contributed by atoms with E-state index >= 15 is 0 Å². The highest BCUT2D eigenvalue weighted by Gasteiger charge is 2.43. The fourth-order valence-corrected chi connectivity index (χ4v) is 4.00. The molecule has 2 aliphatic heterocycles. The summed E-state index contributed by atoms with van der Waals surface area (Å²) in [4.78, 5) is 26.4. The maximum Gasteiger partial charge on any atom is 0.287 e. The van der Waals surface area contributed by atoms with Gasteiger partial charge in [0.25, 0.3) is 11.8 Å². The Morgan fingerprint density at radius 3 is 2.57 bits per heavy atom. The first-order valence-electron chi connectivity index (χ1n) is 9.59. The summed E-state index contributed by atoms with van der Waals surface area (Å²) in [7, 11) is 0. The molecule has 1 aromatic carbocycles. The van der Waals surface area contributed by atoms with Gasteiger partial charge in [-0.1, -0.05) is 0 Å². The predicted octanol–water partition coefficient (Wildman–Crippen LogP) is 3.00. The molecule has 2 saturated heterocycles. The Bertz CT molecular complexity index is 827. The number of amides is 2. The molecule has 0 aliphatic carbocycles. The fourth-order valence-electron chi connectivity index (χ4n) is 4.00. The molecule has 148 valence electrons. The summed E-state index contributed by atoms with van der Waals surface area (Å²) in [5, 5.41) is 2.85. The standard InChI is InChI=1S/C21H23FN2O4/c22-16-5-3-15(4-6-16)20(26)24-11-9-21(10-12-24)8-7-17(28-21)14-23-19(25)18-2-1-13-27-18/h1-6,13,17H,7-12,14H2,(H,23,25). The number of nitrogens with one attached hydrogen (secondary N) is 1. The van der Waals surface area contributed by atoms with Crippen LogP contribution in [0.4, 0.5) is 4.39 Å². The molecule has 3 heterocycles. The normalized spacial score (nSPS) is 21.0. The number of hydrogen-bond donors (Lipinski definition) is 1. The second-order valence-electron chi connectivity index (χ2n) is 7.45. The first-order valence-corrected chi connectivity index (χ1v) is 9.59.